The number of carboxylic acid groups (broad SMARTS) is 2. The molecule has 0 aliphatic heterocycles. The second-order valence-electron chi connectivity index (χ2n) is 14.0. The maximum Gasteiger partial charge on any atom is 1.00 e. The van der Waals surface area contributed by atoms with Gasteiger partial charge in [-0.25, -0.2) is 41.8 Å². The molecule has 80 heavy (non-hydrogen) atoms. The molecule has 0 aliphatic rings. The number of carboxylic acids is 2. The summed E-state index contributed by atoms with van der Waals surface area (Å²) in [5, 5.41) is 40.9. The van der Waals surface area contributed by atoms with Crippen LogP contribution < -0.4 is 35.3 Å². The minimum absolute atomic E-state index is 0. The minimum Gasteiger partial charge on any atom is -0.870 e. The van der Waals surface area contributed by atoms with E-state index in [2.05, 4.69) is 68.7 Å². The second kappa shape index (κ2) is 35.6. The number of primary amides is 1. The van der Waals surface area contributed by atoms with Crippen molar-refractivity contribution in [2.24, 2.45) is 5.73 Å². The molecule has 10 aromatic rings. The molecule has 10 rings (SSSR count). The maximum absolute atomic E-state index is 11.2. The summed E-state index contributed by atoms with van der Waals surface area (Å²) in [7, 11) is 3.67. The molecule has 0 saturated heterocycles. The van der Waals surface area contributed by atoms with Crippen LogP contribution >= 0.6 is 51.3 Å². The monoisotopic (exact) mass is 1210 g/mol. The quantitative estimate of drug-likeness (QED) is 0.0664. The Hall–Kier alpha value is -7.88. The molecule has 0 spiro atoms. The number of fused-ring (bicyclic) bond motifs is 5. The normalized spacial score (nSPS) is 9.54. The number of aliphatic hydroxyl groups excluding tert-OH is 1. The van der Waals surface area contributed by atoms with Gasteiger partial charge in [-0.2, -0.15) is 25.5 Å². The van der Waals surface area contributed by atoms with Crippen molar-refractivity contribution in [3.63, 3.8) is 0 Å². The molecule has 420 valence electrons. The van der Waals surface area contributed by atoms with Crippen molar-refractivity contribution < 1.29 is 103 Å². The van der Waals surface area contributed by atoms with Gasteiger partial charge < -0.3 is 36.0 Å². The number of hydrogen-bond donors (Lipinski definition) is 4. The van der Waals surface area contributed by atoms with E-state index in [0.717, 1.165) is 18.1 Å². The molecule has 0 atom stereocenters. The Bertz CT molecular complexity index is 3630. The standard InChI is InChI=1S/C10H8N2O3.C9H7N3O2.C9H6N2O3.C9H8N2O2.C8H6N2O2.CH4O.2CH4.Cl3OP.ClH.Na.H2O/c1-15-10(14)7-2-3-12-9(4-7)8(6-13)5-11-12;10-9(14)6-1-2-12-8(3-6)7(5-13)4-11-12;12-5-7-4-10-11-2-1-6(9(13)14)3-8(7)11;1-13-9(12)7-3-5-11-8(6-7)2-4-10-11;11-8(12)6-2-4-10-7(5-6)1-3-9-10;1-2;;;1-5(2,3)4;;;/h2-6H,1H3;1-5H,(H2,10,14);1-5H,(H,13,14);2-6H,1H3;1-5H,(H,11,12);2H,1H3;2*1H4;;1H;;1H2/q;;;;;;;;;;+1;/p-1. The number of halogens is 4. The molecule has 1 amide bonds. The third kappa shape index (κ3) is 21.1. The molecule has 0 bridgehead atoms. The molecular weight excluding hydrogens is 1170 g/mol. The maximum atomic E-state index is 11.2. The molecule has 26 nitrogen and oxygen atoms in total. The molecule has 0 fully saturated rings. The molecule has 0 unspecified atom stereocenters. The summed E-state index contributed by atoms with van der Waals surface area (Å²) in [4.78, 5) is 86.2. The van der Waals surface area contributed by atoms with E-state index in [1.807, 2.05) is 6.07 Å². The molecule has 0 aliphatic carbocycles. The van der Waals surface area contributed by atoms with Crippen molar-refractivity contribution in [2.75, 3.05) is 21.3 Å². The number of rotatable bonds is 8. The molecule has 0 radical (unpaired) electrons. The Labute approximate surface area is 496 Å². The van der Waals surface area contributed by atoms with E-state index < -0.39 is 29.0 Å². The minimum atomic E-state index is -3.22. The Balaban J connectivity index is 0. The first-order chi connectivity index (χ1) is 35.8. The van der Waals surface area contributed by atoms with Gasteiger partial charge in [-0.3, -0.25) is 23.7 Å². The van der Waals surface area contributed by atoms with Gasteiger partial charge in [0.25, 0.3) is 0 Å². The number of amides is 1. The summed E-state index contributed by atoms with van der Waals surface area (Å²) in [5.74, 6) is -3.23. The van der Waals surface area contributed by atoms with Gasteiger partial charge in [0.2, 0.25) is 5.91 Å². The summed E-state index contributed by atoms with van der Waals surface area (Å²) >= 11 is 13.8. The van der Waals surface area contributed by atoms with Crippen molar-refractivity contribution in [3.8, 4) is 0 Å². The summed E-state index contributed by atoms with van der Waals surface area (Å²) in [5.41, 5.74) is 11.4. The number of nitrogens with zero attached hydrogens (tertiary/aromatic N) is 10. The van der Waals surface area contributed by atoms with Crippen LogP contribution in [0.4, 0.5) is 0 Å². The van der Waals surface area contributed by atoms with Crippen LogP contribution in [-0.4, -0.2) is 139 Å². The third-order valence-corrected chi connectivity index (χ3v) is 9.45. The Morgan fingerprint density at radius 1 is 0.525 bits per heavy atom. The zero-order valence-corrected chi connectivity index (χ0v) is 46.7. The van der Waals surface area contributed by atoms with Crippen molar-refractivity contribution >= 4 is 128 Å². The molecule has 10 heterocycles. The third-order valence-electron chi connectivity index (χ3n) is 9.45. The number of hydrogen-bond acceptors (Lipinski definition) is 18. The van der Waals surface area contributed by atoms with Crippen molar-refractivity contribution in [2.45, 2.75) is 14.9 Å². The fraction of sp³-hybridized carbons (Fsp3) is 0.104. The molecule has 32 heteroatoms. The summed E-state index contributed by atoms with van der Waals surface area (Å²) < 4.78 is 26.5. The Morgan fingerprint density at radius 3 is 1.12 bits per heavy atom. The number of esters is 2. The van der Waals surface area contributed by atoms with Crippen LogP contribution in [0.5, 0.6) is 0 Å². The van der Waals surface area contributed by atoms with E-state index in [4.69, 9.17) is 21.1 Å². The van der Waals surface area contributed by atoms with Crippen molar-refractivity contribution in [3.05, 3.63) is 179 Å². The van der Waals surface area contributed by atoms with E-state index >= 15 is 0 Å². The number of methoxy groups -OCH3 is 2. The topological polar surface area (TPSA) is 375 Å². The van der Waals surface area contributed by atoms with Gasteiger partial charge in [0.1, 0.15) is 0 Å². The number of carbonyl (C=O) groups is 8. The van der Waals surface area contributed by atoms with Gasteiger partial charge in [-0.1, -0.05) is 14.9 Å². The van der Waals surface area contributed by atoms with Gasteiger partial charge in [-0.05, 0) is 107 Å². The molecular formula is C48H49Cl4N11NaO15P. The van der Waals surface area contributed by atoms with Gasteiger partial charge in [-0.15, -0.1) is 12.4 Å². The summed E-state index contributed by atoms with van der Waals surface area (Å²) in [6.07, 6.45) is 17.7. The predicted molar refractivity (Wildman–Crippen MR) is 293 cm³/mol. The smallest absolute Gasteiger partial charge is 0.870 e. The predicted octanol–water partition coefficient (Wildman–Crippen LogP) is 5.12. The number of carbonyl (C=O) groups excluding carboxylic acids is 6. The Morgan fingerprint density at radius 2 is 0.800 bits per heavy atom. The van der Waals surface area contributed by atoms with Gasteiger partial charge in [0, 0.05) is 56.1 Å². The van der Waals surface area contributed by atoms with Crippen molar-refractivity contribution in [1.82, 2.24) is 48.1 Å². The fourth-order valence-corrected chi connectivity index (χ4v) is 6.02. The number of aldehydes is 3. The number of aromatic carboxylic acids is 2. The zero-order valence-electron chi connectivity index (χ0n) is 40.8. The Kier molecular flexibility index (Phi) is 33.0. The average molecular weight is 1220 g/mol. The number of ether oxygens (including phenoxy) is 2. The summed E-state index contributed by atoms with van der Waals surface area (Å²) in [6, 6.07) is 19.2. The largest absolute Gasteiger partial charge is 1.00 e. The van der Waals surface area contributed by atoms with E-state index in [-0.39, 0.29) is 79.4 Å². The number of pyridine rings is 5. The summed E-state index contributed by atoms with van der Waals surface area (Å²) in [6.45, 7) is 0. The number of aliphatic hydroxyl groups is 1. The van der Waals surface area contributed by atoms with Crippen LogP contribution in [0.3, 0.4) is 0 Å². The first-order valence-corrected chi connectivity index (χ1v) is 24.9. The fourth-order valence-electron chi connectivity index (χ4n) is 6.02. The van der Waals surface area contributed by atoms with Crippen LogP contribution in [0.25, 0.3) is 27.6 Å². The second-order valence-corrected chi connectivity index (χ2v) is 20.6. The number of nitrogens with two attached hydrogens (primary N) is 1. The van der Waals surface area contributed by atoms with Crippen LogP contribution in [0.1, 0.15) is 97.7 Å². The van der Waals surface area contributed by atoms with Crippen LogP contribution in [-0.2, 0) is 14.0 Å². The average Bonchev–Trinajstić information content (AvgIpc) is 4.28. The van der Waals surface area contributed by atoms with E-state index in [1.165, 1.54) is 70.8 Å². The first-order valence-electron chi connectivity index (χ1n) is 20.5. The SMILES string of the molecule is C.C.CO.COC(=O)c1ccn2ncc(C=O)c2c1.COC(=O)c1ccn2nccc2c1.Cl.NC(=O)c1ccn2ncc(C=O)c2c1.O=C(O)c1ccn2nccc2c1.O=Cc1cnn2ccc(C(=O)O)cc12.O=P(Cl)(Cl)Cl.[Na+].[OH-]. The molecule has 10 aromatic heterocycles. The van der Waals surface area contributed by atoms with Crippen LogP contribution in [0.15, 0.2) is 135 Å². The van der Waals surface area contributed by atoms with Crippen LogP contribution in [0.2, 0.25) is 0 Å². The van der Waals surface area contributed by atoms with E-state index in [1.54, 1.807) is 94.7 Å². The number of aromatic nitrogens is 10. The first kappa shape index (κ1) is 74.2. The molecule has 0 saturated carbocycles. The van der Waals surface area contributed by atoms with E-state index in [9.17, 15) is 42.9 Å². The molecule has 6 N–H and O–H groups in total. The zero-order chi connectivity index (χ0) is 55.4. The van der Waals surface area contributed by atoms with Crippen LogP contribution in [0, 0.1) is 0 Å². The van der Waals surface area contributed by atoms with Gasteiger partial charge in [0.15, 0.2) is 18.9 Å². The molecule has 0 aromatic carbocycles. The van der Waals surface area contributed by atoms with Crippen molar-refractivity contribution in [1.29, 1.82) is 0 Å². The van der Waals surface area contributed by atoms with Gasteiger partial charge in [0.05, 0.1) is 99.3 Å². The van der Waals surface area contributed by atoms with Gasteiger partial charge >= 0.3 is 58.6 Å². The van der Waals surface area contributed by atoms with E-state index in [0.29, 0.717) is 68.8 Å².